The van der Waals surface area contributed by atoms with E-state index in [-0.39, 0.29) is 29.8 Å². The molecule has 1 heterocycles. The van der Waals surface area contributed by atoms with E-state index in [0.717, 1.165) is 37.8 Å². The first-order chi connectivity index (χ1) is 15.4. The second kappa shape index (κ2) is 10.0. The van der Waals surface area contributed by atoms with Gasteiger partial charge in [0.2, 0.25) is 10.0 Å². The highest BCUT2D eigenvalue weighted by molar-refractivity contribution is 7.92. The van der Waals surface area contributed by atoms with Crippen LogP contribution in [0, 0.1) is 0 Å². The standard InChI is InChI=1S/C24H31N3O4S/c1-2-32(29,30)27-20-13-18(16-31-21-8-9-21)12-19(15-20)24(28)26-22-10-11-25-23(22)14-17-6-4-3-5-7-17/h3-7,12-13,15,21-23,25,27H,2,8-11,14,16H2,1H3,(H,26,28)/t22-,23+/m1/s1. The zero-order chi connectivity index (χ0) is 22.6. The molecule has 0 bridgehead atoms. The molecule has 1 aliphatic carbocycles. The third-order valence-electron chi connectivity index (χ3n) is 5.88. The molecule has 1 amide bonds. The predicted molar refractivity (Wildman–Crippen MR) is 125 cm³/mol. The van der Waals surface area contributed by atoms with Gasteiger partial charge in [0.1, 0.15) is 0 Å². The van der Waals surface area contributed by atoms with Crippen molar-refractivity contribution in [1.29, 1.82) is 0 Å². The summed E-state index contributed by atoms with van der Waals surface area (Å²) in [5.41, 5.74) is 2.82. The normalized spacial score (nSPS) is 20.8. The number of sulfonamides is 1. The van der Waals surface area contributed by atoms with Crippen LogP contribution in [0.2, 0.25) is 0 Å². The number of hydrogen-bond donors (Lipinski definition) is 3. The number of ether oxygens (including phenoxy) is 1. The van der Waals surface area contributed by atoms with Crippen molar-refractivity contribution in [2.75, 3.05) is 17.0 Å². The van der Waals surface area contributed by atoms with E-state index in [4.69, 9.17) is 4.74 Å². The second-order valence-corrected chi connectivity index (χ2v) is 10.6. The Hall–Kier alpha value is -2.42. The zero-order valence-corrected chi connectivity index (χ0v) is 19.2. The Morgan fingerprint density at radius 3 is 2.59 bits per heavy atom. The molecule has 0 aromatic heterocycles. The van der Waals surface area contributed by atoms with Gasteiger partial charge in [-0.25, -0.2) is 8.42 Å². The molecule has 2 aromatic carbocycles. The Morgan fingerprint density at radius 1 is 1.09 bits per heavy atom. The van der Waals surface area contributed by atoms with Gasteiger partial charge in [-0.1, -0.05) is 30.3 Å². The number of benzene rings is 2. The van der Waals surface area contributed by atoms with E-state index in [1.807, 2.05) is 18.2 Å². The van der Waals surface area contributed by atoms with Crippen LogP contribution >= 0.6 is 0 Å². The minimum atomic E-state index is -3.45. The number of carbonyl (C=O) groups is 1. The lowest BCUT2D eigenvalue weighted by molar-refractivity contribution is 0.0932. The third-order valence-corrected chi connectivity index (χ3v) is 7.19. The number of hydrogen-bond acceptors (Lipinski definition) is 5. The van der Waals surface area contributed by atoms with Crippen LogP contribution in [0.3, 0.4) is 0 Å². The molecule has 4 rings (SSSR count). The number of amides is 1. The maximum absolute atomic E-state index is 13.1. The Bertz CT molecular complexity index is 1040. The molecule has 2 fully saturated rings. The van der Waals surface area contributed by atoms with Gasteiger partial charge >= 0.3 is 0 Å². The molecule has 7 nitrogen and oxygen atoms in total. The smallest absolute Gasteiger partial charge is 0.251 e. The Labute approximate surface area is 190 Å². The molecule has 3 N–H and O–H groups in total. The SMILES string of the molecule is CCS(=O)(=O)Nc1cc(COC2CC2)cc(C(=O)N[C@@H]2CCN[C@H]2Cc2ccccc2)c1. The van der Waals surface area contributed by atoms with Crippen molar-refractivity contribution in [1.82, 2.24) is 10.6 Å². The van der Waals surface area contributed by atoms with Crippen LogP contribution in [0.4, 0.5) is 5.69 Å². The predicted octanol–water partition coefficient (Wildman–Crippen LogP) is 2.83. The van der Waals surface area contributed by atoms with Crippen LogP contribution < -0.4 is 15.4 Å². The summed E-state index contributed by atoms with van der Waals surface area (Å²) in [6.45, 7) is 2.78. The molecule has 32 heavy (non-hydrogen) atoms. The first-order valence-electron chi connectivity index (χ1n) is 11.3. The molecule has 2 atom stereocenters. The van der Waals surface area contributed by atoms with Crippen molar-refractivity contribution in [2.24, 2.45) is 0 Å². The van der Waals surface area contributed by atoms with E-state index in [1.165, 1.54) is 5.56 Å². The topological polar surface area (TPSA) is 96.5 Å². The largest absolute Gasteiger partial charge is 0.374 e. The van der Waals surface area contributed by atoms with Gasteiger partial charge in [0.25, 0.3) is 5.91 Å². The van der Waals surface area contributed by atoms with E-state index >= 15 is 0 Å². The number of rotatable bonds is 10. The van der Waals surface area contributed by atoms with Crippen molar-refractivity contribution >= 4 is 21.6 Å². The van der Waals surface area contributed by atoms with E-state index in [0.29, 0.717) is 17.9 Å². The fourth-order valence-electron chi connectivity index (χ4n) is 3.94. The van der Waals surface area contributed by atoms with Crippen molar-refractivity contribution < 1.29 is 17.9 Å². The Balaban J connectivity index is 1.48. The van der Waals surface area contributed by atoms with E-state index in [1.54, 1.807) is 25.1 Å². The second-order valence-electron chi connectivity index (χ2n) is 8.55. The molecule has 172 valence electrons. The first-order valence-corrected chi connectivity index (χ1v) is 12.9. The van der Waals surface area contributed by atoms with Gasteiger partial charge < -0.3 is 15.4 Å². The summed E-state index contributed by atoms with van der Waals surface area (Å²) >= 11 is 0. The van der Waals surface area contributed by atoms with Crippen LogP contribution in [0.15, 0.2) is 48.5 Å². The molecule has 0 unspecified atom stereocenters. The van der Waals surface area contributed by atoms with E-state index in [9.17, 15) is 13.2 Å². The van der Waals surface area contributed by atoms with Gasteiger partial charge in [0.15, 0.2) is 0 Å². The number of anilines is 1. The van der Waals surface area contributed by atoms with Crippen LogP contribution in [0.1, 0.15) is 47.7 Å². The number of nitrogens with one attached hydrogen (secondary N) is 3. The molecule has 1 saturated heterocycles. The van der Waals surface area contributed by atoms with Crippen molar-refractivity contribution in [3.63, 3.8) is 0 Å². The molecular formula is C24H31N3O4S. The van der Waals surface area contributed by atoms with Crippen molar-refractivity contribution in [2.45, 2.75) is 57.4 Å². The van der Waals surface area contributed by atoms with Crippen molar-refractivity contribution in [3.8, 4) is 0 Å². The molecule has 2 aromatic rings. The highest BCUT2D eigenvalue weighted by Gasteiger charge is 2.29. The van der Waals surface area contributed by atoms with Gasteiger partial charge in [-0.05, 0) is 68.5 Å². The summed E-state index contributed by atoms with van der Waals surface area (Å²) in [7, 11) is -3.45. The number of carbonyl (C=O) groups excluding carboxylic acids is 1. The highest BCUT2D eigenvalue weighted by atomic mass is 32.2. The summed E-state index contributed by atoms with van der Waals surface area (Å²) in [5, 5.41) is 6.64. The first kappa shape index (κ1) is 22.8. The molecule has 8 heteroatoms. The minimum absolute atomic E-state index is 0.00450. The zero-order valence-electron chi connectivity index (χ0n) is 18.3. The molecule has 1 aliphatic heterocycles. The fraction of sp³-hybridized carbons (Fsp3) is 0.458. The lowest BCUT2D eigenvalue weighted by atomic mass is 10.00. The maximum atomic E-state index is 13.1. The van der Waals surface area contributed by atoms with Gasteiger partial charge in [-0.2, -0.15) is 0 Å². The van der Waals surface area contributed by atoms with Crippen LogP contribution in [-0.2, 0) is 27.8 Å². The van der Waals surface area contributed by atoms with E-state index in [2.05, 4.69) is 27.5 Å². The summed E-state index contributed by atoms with van der Waals surface area (Å²) in [5.74, 6) is -0.242. The molecule has 0 radical (unpaired) electrons. The summed E-state index contributed by atoms with van der Waals surface area (Å²) in [6, 6.07) is 15.5. The fourth-order valence-corrected chi connectivity index (χ4v) is 4.56. The van der Waals surface area contributed by atoms with Crippen LogP contribution in [0.25, 0.3) is 0 Å². The third kappa shape index (κ3) is 6.31. The Morgan fingerprint density at radius 2 is 1.88 bits per heavy atom. The average molecular weight is 458 g/mol. The summed E-state index contributed by atoms with van der Waals surface area (Å²) < 4.78 is 32.5. The molecular weight excluding hydrogens is 426 g/mol. The van der Waals surface area contributed by atoms with E-state index < -0.39 is 10.0 Å². The lowest BCUT2D eigenvalue weighted by Gasteiger charge is -2.21. The highest BCUT2D eigenvalue weighted by Crippen LogP contribution is 2.26. The maximum Gasteiger partial charge on any atom is 0.251 e. The molecule has 2 aliphatic rings. The van der Waals surface area contributed by atoms with Crippen LogP contribution in [0.5, 0.6) is 0 Å². The quantitative estimate of drug-likeness (QED) is 0.510. The summed E-state index contributed by atoms with van der Waals surface area (Å²) in [6.07, 6.45) is 4.05. The minimum Gasteiger partial charge on any atom is -0.374 e. The van der Waals surface area contributed by atoms with Crippen molar-refractivity contribution in [3.05, 3.63) is 65.2 Å². The molecule has 1 saturated carbocycles. The molecule has 0 spiro atoms. The van der Waals surface area contributed by atoms with Gasteiger partial charge in [0.05, 0.1) is 18.5 Å². The monoisotopic (exact) mass is 457 g/mol. The summed E-state index contributed by atoms with van der Waals surface area (Å²) in [4.78, 5) is 13.1. The van der Waals surface area contributed by atoms with Gasteiger partial charge in [-0.15, -0.1) is 0 Å². The average Bonchev–Trinajstić information content (AvgIpc) is 3.52. The Kier molecular flexibility index (Phi) is 7.13. The van der Waals surface area contributed by atoms with Crippen LogP contribution in [-0.4, -0.2) is 44.8 Å². The van der Waals surface area contributed by atoms with Gasteiger partial charge in [0, 0.05) is 23.3 Å². The van der Waals surface area contributed by atoms with Gasteiger partial charge in [-0.3, -0.25) is 9.52 Å². The lowest BCUT2D eigenvalue weighted by Crippen LogP contribution is -2.44.